The van der Waals surface area contributed by atoms with Crippen LogP contribution in [-0.4, -0.2) is 57.8 Å². The van der Waals surface area contributed by atoms with Gasteiger partial charge in [0.15, 0.2) is 5.78 Å². The van der Waals surface area contributed by atoms with Crippen LogP contribution in [0.1, 0.15) is 87.9 Å². The van der Waals surface area contributed by atoms with Crippen molar-refractivity contribution < 1.29 is 19.8 Å². The summed E-state index contributed by atoms with van der Waals surface area (Å²) in [5, 5.41) is 29.3. The average Bonchev–Trinajstić information content (AvgIpc) is 3.75. The number of allylic oxidation sites excluding steroid dienone is 4. The fraction of sp³-hybridized carbons (Fsp3) is 0.511. The third-order valence-electron chi connectivity index (χ3n) is 14.6. The molecule has 8 atom stereocenters. The second-order valence-corrected chi connectivity index (χ2v) is 18.5. The normalized spacial score (nSPS) is 35.8. The molecule has 2 spiro atoms. The zero-order chi connectivity index (χ0) is 36.5. The van der Waals surface area contributed by atoms with Crippen LogP contribution in [0, 0.1) is 33.5 Å². The summed E-state index contributed by atoms with van der Waals surface area (Å²) in [5.41, 5.74) is 1.05. The van der Waals surface area contributed by atoms with Gasteiger partial charge >= 0.3 is 6.03 Å². The highest BCUT2D eigenvalue weighted by Gasteiger charge is 2.74. The minimum absolute atomic E-state index is 0.0160. The molecule has 2 amide bonds. The van der Waals surface area contributed by atoms with E-state index >= 15 is 4.79 Å². The smallest absolute Gasteiger partial charge is 0.317 e. The van der Waals surface area contributed by atoms with Gasteiger partial charge in [-0.25, -0.2) is 4.79 Å². The molecule has 7 heteroatoms. The van der Waals surface area contributed by atoms with Crippen LogP contribution in [0.15, 0.2) is 95.9 Å². The van der Waals surface area contributed by atoms with Gasteiger partial charge in [-0.2, -0.15) is 0 Å². The molecule has 6 nitrogen and oxygen atoms in total. The molecule has 1 unspecified atom stereocenters. The van der Waals surface area contributed by atoms with Crippen molar-refractivity contribution in [2.24, 2.45) is 33.5 Å². The standard InChI is InChI=1S/C45H54N2O4S/c1-30(2)46-40(50)47(25-19-35-11-8-26-52-35)29-44(51)22-18-38-42(44,4)21-17-37-41(3)20-16-34(48)27-43(41)23-24-45(37,38)36(28-43)39(49)33-14-12-32(13-15-33)31-9-6-5-7-10-31/h5-15,23-24,26,28,30,34,37-38,48,51H,16-22,25,27,29H2,1-4H3,(H,46,50)/t34?,37-,38-,41-,42+,43+,44-,45-/m1/s1. The van der Waals surface area contributed by atoms with E-state index in [2.05, 4.69) is 61.0 Å². The van der Waals surface area contributed by atoms with Gasteiger partial charge in [-0.1, -0.05) is 92.7 Å². The highest BCUT2D eigenvalue weighted by Crippen LogP contribution is 2.78. The summed E-state index contributed by atoms with van der Waals surface area (Å²) >= 11 is 1.70. The molecule has 1 aromatic heterocycles. The van der Waals surface area contributed by atoms with Crippen LogP contribution in [0.25, 0.3) is 11.1 Å². The maximum Gasteiger partial charge on any atom is 0.317 e. The van der Waals surface area contributed by atoms with E-state index in [1.165, 1.54) is 4.88 Å². The van der Waals surface area contributed by atoms with Crippen molar-refractivity contribution in [3.8, 4) is 11.1 Å². The van der Waals surface area contributed by atoms with E-state index in [1.807, 2.05) is 67.3 Å². The number of Topliss-reactive ketones (excluding diaryl/α,β-unsaturated/α-hetero) is 1. The van der Waals surface area contributed by atoms with Crippen molar-refractivity contribution in [2.75, 3.05) is 13.1 Å². The van der Waals surface area contributed by atoms with Crippen molar-refractivity contribution in [2.45, 2.75) is 96.8 Å². The second-order valence-electron chi connectivity index (χ2n) is 17.4. The third-order valence-corrected chi connectivity index (χ3v) is 15.5. The van der Waals surface area contributed by atoms with Crippen LogP contribution in [0.4, 0.5) is 4.79 Å². The van der Waals surface area contributed by atoms with Gasteiger partial charge < -0.3 is 20.4 Å². The number of carbonyl (C=O) groups excluding carboxylic acids is 2. The van der Waals surface area contributed by atoms with E-state index in [1.54, 1.807) is 11.3 Å². The van der Waals surface area contributed by atoms with E-state index < -0.39 is 22.5 Å². The molecule has 2 bridgehead atoms. The van der Waals surface area contributed by atoms with E-state index in [0.29, 0.717) is 24.9 Å². The molecule has 52 heavy (non-hydrogen) atoms. The number of thiophene rings is 1. The number of urea groups is 1. The summed E-state index contributed by atoms with van der Waals surface area (Å²) in [6.07, 6.45) is 12.7. The average molecular weight is 719 g/mol. The number of hydrogen-bond acceptors (Lipinski definition) is 5. The van der Waals surface area contributed by atoms with Gasteiger partial charge in [-0.15, -0.1) is 11.3 Å². The maximum atomic E-state index is 15.1. The number of hydrogen-bond donors (Lipinski definition) is 3. The fourth-order valence-corrected chi connectivity index (χ4v) is 12.5. The molecule has 2 aromatic carbocycles. The Balaban J connectivity index is 1.18. The zero-order valence-corrected chi connectivity index (χ0v) is 31.9. The largest absolute Gasteiger partial charge is 0.393 e. The Hall–Kier alpha value is -3.52. The molecule has 3 N–H and O–H groups in total. The van der Waals surface area contributed by atoms with Crippen molar-refractivity contribution in [3.05, 3.63) is 106 Å². The molecule has 0 aliphatic heterocycles. The number of amides is 2. The Labute approximate surface area is 313 Å². The van der Waals surface area contributed by atoms with Gasteiger partial charge in [0.25, 0.3) is 0 Å². The van der Waals surface area contributed by atoms with Crippen LogP contribution in [-0.2, 0) is 6.42 Å². The summed E-state index contributed by atoms with van der Waals surface area (Å²) in [6.45, 7) is 9.40. The van der Waals surface area contributed by atoms with Gasteiger partial charge in [0, 0.05) is 44.8 Å². The molecule has 3 saturated carbocycles. The lowest BCUT2D eigenvalue weighted by atomic mass is 9.32. The fourth-order valence-electron chi connectivity index (χ4n) is 11.8. The number of carbonyl (C=O) groups is 2. The number of fused-ring (bicyclic) bond motifs is 1. The number of benzene rings is 2. The summed E-state index contributed by atoms with van der Waals surface area (Å²) in [7, 11) is 0. The molecule has 3 fully saturated rings. The van der Waals surface area contributed by atoms with E-state index in [9.17, 15) is 15.0 Å². The molecular weight excluding hydrogens is 665 g/mol. The molecule has 0 radical (unpaired) electrons. The first-order valence-corrected chi connectivity index (χ1v) is 20.3. The van der Waals surface area contributed by atoms with E-state index in [-0.39, 0.29) is 47.1 Å². The van der Waals surface area contributed by atoms with E-state index in [0.717, 1.165) is 55.2 Å². The lowest BCUT2D eigenvalue weighted by Gasteiger charge is -2.71. The number of rotatable bonds is 9. The van der Waals surface area contributed by atoms with Crippen molar-refractivity contribution in [3.63, 3.8) is 0 Å². The quantitative estimate of drug-likeness (QED) is 0.152. The predicted octanol–water partition coefficient (Wildman–Crippen LogP) is 8.85. The Morgan fingerprint density at radius 3 is 2.29 bits per heavy atom. The first kappa shape index (κ1) is 35.5. The van der Waals surface area contributed by atoms with Crippen molar-refractivity contribution in [1.82, 2.24) is 10.2 Å². The number of ketones is 1. The number of nitrogens with one attached hydrogen (secondary N) is 1. The molecule has 6 aliphatic rings. The predicted molar refractivity (Wildman–Crippen MR) is 208 cm³/mol. The summed E-state index contributed by atoms with van der Waals surface area (Å²) < 4.78 is 0. The first-order chi connectivity index (χ1) is 24.8. The number of aliphatic hydroxyl groups is 2. The van der Waals surface area contributed by atoms with Crippen molar-refractivity contribution >= 4 is 23.2 Å². The lowest BCUT2D eigenvalue weighted by Crippen LogP contribution is -2.67. The van der Waals surface area contributed by atoms with Crippen LogP contribution in [0.5, 0.6) is 0 Å². The van der Waals surface area contributed by atoms with Crippen molar-refractivity contribution in [1.29, 1.82) is 0 Å². The van der Waals surface area contributed by atoms with Gasteiger partial charge in [-0.3, -0.25) is 4.79 Å². The van der Waals surface area contributed by atoms with Gasteiger partial charge in [0.2, 0.25) is 0 Å². The molecule has 274 valence electrons. The Bertz CT molecular complexity index is 1890. The van der Waals surface area contributed by atoms with Crippen LogP contribution >= 0.6 is 11.3 Å². The number of nitrogens with zero attached hydrogens (tertiary/aromatic N) is 1. The van der Waals surface area contributed by atoms with Crippen LogP contribution in [0.2, 0.25) is 0 Å². The molecule has 1 heterocycles. The van der Waals surface area contributed by atoms with Crippen LogP contribution in [0.3, 0.4) is 0 Å². The monoisotopic (exact) mass is 718 g/mol. The summed E-state index contributed by atoms with van der Waals surface area (Å²) in [4.78, 5) is 31.9. The number of aliphatic hydroxyl groups excluding tert-OH is 1. The minimum Gasteiger partial charge on any atom is -0.393 e. The molecule has 0 saturated heterocycles. The summed E-state index contributed by atoms with van der Waals surface area (Å²) in [5.74, 6) is 0.293. The first-order valence-electron chi connectivity index (χ1n) is 19.5. The van der Waals surface area contributed by atoms with Crippen LogP contribution < -0.4 is 5.32 Å². The third kappa shape index (κ3) is 5.32. The SMILES string of the molecule is CC(C)NC(=O)N(CCc1cccs1)C[C@]1(O)CC[C@H]2[C@]34C=C[C@@]5(C=C3C(=O)c3ccc(-c6ccccc6)cc3)CC(O)CC[C@]5(C)[C@H]4CC[C@@]21C. The molecule has 9 rings (SSSR count). The highest BCUT2D eigenvalue weighted by atomic mass is 32.1. The Morgan fingerprint density at radius 2 is 1.58 bits per heavy atom. The second kappa shape index (κ2) is 12.8. The molecular formula is C45H54N2O4S. The van der Waals surface area contributed by atoms with Gasteiger partial charge in [0.05, 0.1) is 18.2 Å². The lowest BCUT2D eigenvalue weighted by molar-refractivity contribution is -0.174. The minimum atomic E-state index is -1.11. The topological polar surface area (TPSA) is 89.9 Å². The zero-order valence-electron chi connectivity index (χ0n) is 31.1. The maximum absolute atomic E-state index is 15.1. The summed E-state index contributed by atoms with van der Waals surface area (Å²) in [6, 6.07) is 22.3. The molecule has 6 aliphatic carbocycles. The Kier molecular flexibility index (Phi) is 8.75. The van der Waals surface area contributed by atoms with Gasteiger partial charge in [0.1, 0.15) is 0 Å². The molecule has 3 aromatic rings. The van der Waals surface area contributed by atoms with E-state index in [4.69, 9.17) is 0 Å². The van der Waals surface area contributed by atoms with Gasteiger partial charge in [-0.05, 0) is 105 Å². The highest BCUT2D eigenvalue weighted by molar-refractivity contribution is 7.09. The Morgan fingerprint density at radius 1 is 0.885 bits per heavy atom.